The maximum atomic E-state index is 5.27. The summed E-state index contributed by atoms with van der Waals surface area (Å²) >= 11 is 0. The molecule has 8 heteroatoms. The topological polar surface area (TPSA) is 92.2 Å². The fourth-order valence-electron chi connectivity index (χ4n) is 5.04. The standard InChI is InChI=1S/C26H35N7O/c1-14(2)23-24(20-10-33-26(27-13-28-33)18(6)17(20)5)31-21-7-8-22(32-25(21)23)30-16(4)9-15(3)29-19-11-34-12-19/h7-8,10,13-16,19,29,31H,9,11-12H2,1-6H3,(H,30,32)/t15?,16-/m1/s1. The minimum absolute atomic E-state index is 0.300. The molecule has 1 unspecified atom stereocenters. The summed E-state index contributed by atoms with van der Waals surface area (Å²) in [6.45, 7) is 14.8. The van der Waals surface area contributed by atoms with Crippen LogP contribution in [-0.4, -0.2) is 55.9 Å². The normalized spacial score (nSPS) is 16.3. The molecule has 0 bridgehead atoms. The molecule has 180 valence electrons. The summed E-state index contributed by atoms with van der Waals surface area (Å²) in [5.41, 5.74) is 8.80. The molecule has 0 amide bonds. The molecule has 3 N–H and O–H groups in total. The van der Waals surface area contributed by atoms with E-state index in [9.17, 15) is 0 Å². The Bertz CT molecular complexity index is 1320. The van der Waals surface area contributed by atoms with Gasteiger partial charge in [0.1, 0.15) is 12.1 Å². The first kappa shape index (κ1) is 22.8. The van der Waals surface area contributed by atoms with Gasteiger partial charge in [0.2, 0.25) is 0 Å². The Morgan fingerprint density at radius 3 is 2.62 bits per heavy atom. The number of rotatable bonds is 8. The van der Waals surface area contributed by atoms with Crippen LogP contribution in [0.2, 0.25) is 0 Å². The smallest absolute Gasteiger partial charge is 0.158 e. The molecule has 5 heterocycles. The van der Waals surface area contributed by atoms with E-state index in [2.05, 4.69) is 85.6 Å². The number of hydrogen-bond donors (Lipinski definition) is 3. The van der Waals surface area contributed by atoms with E-state index in [1.165, 1.54) is 11.1 Å². The molecule has 0 saturated carbocycles. The molecule has 0 aliphatic carbocycles. The molecule has 34 heavy (non-hydrogen) atoms. The Hall–Kier alpha value is -2.97. The van der Waals surface area contributed by atoms with Crippen LogP contribution in [0.3, 0.4) is 0 Å². The van der Waals surface area contributed by atoms with Crippen molar-refractivity contribution in [3.05, 3.63) is 41.3 Å². The molecule has 2 atom stereocenters. The highest BCUT2D eigenvalue weighted by atomic mass is 16.5. The lowest BCUT2D eigenvalue weighted by Gasteiger charge is -2.31. The number of ether oxygens (including phenoxy) is 1. The van der Waals surface area contributed by atoms with Crippen LogP contribution >= 0.6 is 0 Å². The summed E-state index contributed by atoms with van der Waals surface area (Å²) in [6.07, 6.45) is 4.70. The number of aromatic nitrogens is 5. The summed E-state index contributed by atoms with van der Waals surface area (Å²) in [6, 6.07) is 5.42. The zero-order chi connectivity index (χ0) is 24.0. The monoisotopic (exact) mass is 461 g/mol. The fraction of sp³-hybridized carbons (Fsp3) is 0.500. The Balaban J connectivity index is 1.46. The van der Waals surface area contributed by atoms with E-state index >= 15 is 0 Å². The van der Waals surface area contributed by atoms with Crippen LogP contribution in [0, 0.1) is 13.8 Å². The van der Waals surface area contributed by atoms with Crippen LogP contribution in [0.15, 0.2) is 24.7 Å². The minimum atomic E-state index is 0.300. The second kappa shape index (κ2) is 9.00. The van der Waals surface area contributed by atoms with Gasteiger partial charge in [-0.3, -0.25) is 0 Å². The second-order valence-corrected chi connectivity index (χ2v) is 10.1. The molecule has 1 fully saturated rings. The van der Waals surface area contributed by atoms with Gasteiger partial charge in [0.15, 0.2) is 5.65 Å². The largest absolute Gasteiger partial charge is 0.378 e. The number of aryl methyl sites for hydroxylation is 1. The lowest BCUT2D eigenvalue weighted by Crippen LogP contribution is -2.50. The SMILES string of the molecule is Cc1c(-c2[nH]c3ccc(N[C@H](C)CC(C)NC4COC4)nc3c2C(C)C)cn2ncnc2c1C. The van der Waals surface area contributed by atoms with E-state index in [4.69, 9.17) is 9.72 Å². The first-order valence-electron chi connectivity index (χ1n) is 12.2. The van der Waals surface area contributed by atoms with E-state index in [-0.39, 0.29) is 0 Å². The van der Waals surface area contributed by atoms with Gasteiger partial charge in [0.05, 0.1) is 36.0 Å². The number of anilines is 1. The van der Waals surface area contributed by atoms with Gasteiger partial charge in [-0.25, -0.2) is 14.5 Å². The number of hydrogen-bond acceptors (Lipinski definition) is 6. The molecule has 1 saturated heterocycles. The molecular formula is C26H35N7O. The molecule has 1 aliphatic heterocycles. The van der Waals surface area contributed by atoms with Crippen molar-refractivity contribution in [3.8, 4) is 11.3 Å². The second-order valence-electron chi connectivity index (χ2n) is 10.1. The third kappa shape index (κ3) is 4.16. The van der Waals surface area contributed by atoms with Crippen molar-refractivity contribution in [2.45, 2.75) is 72.0 Å². The lowest BCUT2D eigenvalue weighted by molar-refractivity contribution is -0.00962. The maximum Gasteiger partial charge on any atom is 0.158 e. The average molecular weight is 462 g/mol. The summed E-state index contributed by atoms with van der Waals surface area (Å²) < 4.78 is 7.13. The quantitative estimate of drug-likeness (QED) is 0.356. The van der Waals surface area contributed by atoms with E-state index in [0.717, 1.165) is 59.0 Å². The number of H-pyrrole nitrogens is 1. The lowest BCUT2D eigenvalue weighted by atomic mass is 9.95. The van der Waals surface area contributed by atoms with Crippen LogP contribution in [0.5, 0.6) is 0 Å². The van der Waals surface area contributed by atoms with Crippen LogP contribution < -0.4 is 10.6 Å². The van der Waals surface area contributed by atoms with Crippen molar-refractivity contribution >= 4 is 22.5 Å². The third-order valence-electron chi connectivity index (χ3n) is 6.91. The number of pyridine rings is 2. The van der Waals surface area contributed by atoms with Gasteiger partial charge >= 0.3 is 0 Å². The number of fused-ring (bicyclic) bond motifs is 2. The number of nitrogens with zero attached hydrogens (tertiary/aromatic N) is 4. The molecule has 4 aromatic rings. The van der Waals surface area contributed by atoms with Crippen molar-refractivity contribution in [3.63, 3.8) is 0 Å². The molecular weight excluding hydrogens is 426 g/mol. The molecule has 1 aliphatic rings. The molecule has 5 rings (SSSR count). The van der Waals surface area contributed by atoms with Crippen LogP contribution in [0.25, 0.3) is 27.9 Å². The average Bonchev–Trinajstić information content (AvgIpc) is 3.37. The van der Waals surface area contributed by atoms with Crippen LogP contribution in [0.4, 0.5) is 5.82 Å². The Labute approximate surface area is 200 Å². The van der Waals surface area contributed by atoms with Crippen molar-refractivity contribution < 1.29 is 4.74 Å². The van der Waals surface area contributed by atoms with Gasteiger partial charge in [-0.1, -0.05) is 13.8 Å². The van der Waals surface area contributed by atoms with Gasteiger partial charge in [-0.2, -0.15) is 5.10 Å². The van der Waals surface area contributed by atoms with E-state index in [0.29, 0.717) is 24.0 Å². The molecule has 0 aromatic carbocycles. The highest BCUT2D eigenvalue weighted by molar-refractivity contribution is 5.90. The van der Waals surface area contributed by atoms with Crippen molar-refractivity contribution in [2.75, 3.05) is 18.5 Å². The first-order chi connectivity index (χ1) is 16.3. The Kier molecular flexibility index (Phi) is 6.04. The van der Waals surface area contributed by atoms with Crippen molar-refractivity contribution in [2.24, 2.45) is 0 Å². The zero-order valence-corrected chi connectivity index (χ0v) is 20.9. The third-order valence-corrected chi connectivity index (χ3v) is 6.91. The molecule has 8 nitrogen and oxygen atoms in total. The van der Waals surface area contributed by atoms with Gasteiger partial charge in [-0.15, -0.1) is 0 Å². The maximum absolute atomic E-state index is 5.27. The van der Waals surface area contributed by atoms with E-state index in [1.54, 1.807) is 6.33 Å². The Morgan fingerprint density at radius 2 is 1.91 bits per heavy atom. The summed E-state index contributed by atoms with van der Waals surface area (Å²) in [5, 5.41) is 11.6. The van der Waals surface area contributed by atoms with E-state index < -0.39 is 0 Å². The molecule has 0 spiro atoms. The number of aromatic amines is 1. The van der Waals surface area contributed by atoms with Crippen LogP contribution in [0.1, 0.15) is 56.7 Å². The highest BCUT2D eigenvalue weighted by Crippen LogP contribution is 2.37. The fourth-order valence-corrected chi connectivity index (χ4v) is 5.04. The van der Waals surface area contributed by atoms with Gasteiger partial charge in [0, 0.05) is 29.4 Å². The predicted octanol–water partition coefficient (Wildman–Crippen LogP) is 4.58. The molecule has 0 radical (unpaired) electrons. The van der Waals surface area contributed by atoms with Crippen LogP contribution in [-0.2, 0) is 4.74 Å². The van der Waals surface area contributed by atoms with Crippen molar-refractivity contribution in [1.82, 2.24) is 29.9 Å². The zero-order valence-electron chi connectivity index (χ0n) is 20.9. The Morgan fingerprint density at radius 1 is 1.12 bits per heavy atom. The van der Waals surface area contributed by atoms with Gasteiger partial charge in [-0.05, 0) is 63.3 Å². The summed E-state index contributed by atoms with van der Waals surface area (Å²) in [4.78, 5) is 13.1. The molecule has 4 aromatic heterocycles. The van der Waals surface area contributed by atoms with E-state index in [1.807, 2.05) is 4.52 Å². The first-order valence-corrected chi connectivity index (χ1v) is 12.2. The van der Waals surface area contributed by atoms with Crippen molar-refractivity contribution in [1.29, 1.82) is 0 Å². The highest BCUT2D eigenvalue weighted by Gasteiger charge is 2.23. The van der Waals surface area contributed by atoms with Gasteiger partial charge in [0.25, 0.3) is 0 Å². The summed E-state index contributed by atoms with van der Waals surface area (Å²) in [5.74, 6) is 1.22. The minimum Gasteiger partial charge on any atom is -0.378 e. The summed E-state index contributed by atoms with van der Waals surface area (Å²) in [7, 11) is 0. The predicted molar refractivity (Wildman–Crippen MR) is 137 cm³/mol. The van der Waals surface area contributed by atoms with Gasteiger partial charge < -0.3 is 20.4 Å². The number of nitrogens with one attached hydrogen (secondary N) is 3.